The van der Waals surface area contributed by atoms with Gasteiger partial charge in [-0.2, -0.15) is 0 Å². The van der Waals surface area contributed by atoms with E-state index in [0.717, 1.165) is 17.7 Å². The summed E-state index contributed by atoms with van der Waals surface area (Å²) in [6, 6.07) is 9.67. The molecule has 0 fully saturated rings. The Bertz CT molecular complexity index is 638. The summed E-state index contributed by atoms with van der Waals surface area (Å²) in [7, 11) is 0. The molecular formula is C16H18N2O2. The summed E-state index contributed by atoms with van der Waals surface area (Å²) in [6.45, 7) is 4.61. The molecule has 0 saturated carbocycles. The molecule has 4 heteroatoms. The summed E-state index contributed by atoms with van der Waals surface area (Å²) in [4.78, 5) is 4.21. The van der Waals surface area contributed by atoms with Gasteiger partial charge in [-0.3, -0.25) is 0 Å². The van der Waals surface area contributed by atoms with Crippen LogP contribution in [0.25, 0.3) is 0 Å². The Kier molecular flexibility index (Phi) is 3.10. The van der Waals surface area contributed by atoms with E-state index < -0.39 is 0 Å². The van der Waals surface area contributed by atoms with Gasteiger partial charge in [-0.05, 0) is 31.5 Å². The van der Waals surface area contributed by atoms with Crippen molar-refractivity contribution in [3.05, 3.63) is 47.7 Å². The minimum atomic E-state index is -0.186. The lowest BCUT2D eigenvalue weighted by atomic mass is 10.0. The molecular weight excluding hydrogens is 252 g/mol. The van der Waals surface area contributed by atoms with Crippen molar-refractivity contribution in [3.8, 4) is 17.4 Å². The van der Waals surface area contributed by atoms with Crippen molar-refractivity contribution in [3.63, 3.8) is 0 Å². The fourth-order valence-corrected chi connectivity index (χ4v) is 2.41. The standard InChI is InChI=1S/C16H18N2O2/c1-16(2)9-12-4-3-5-13(15(12)20-16)19-14-8-11(10-17)6-7-18-14/h3-8H,9-10,17H2,1-2H3. The number of pyridine rings is 1. The van der Waals surface area contributed by atoms with Gasteiger partial charge in [0.2, 0.25) is 5.88 Å². The highest BCUT2D eigenvalue weighted by atomic mass is 16.5. The summed E-state index contributed by atoms with van der Waals surface area (Å²) >= 11 is 0. The first-order valence-electron chi connectivity index (χ1n) is 6.71. The zero-order valence-electron chi connectivity index (χ0n) is 11.7. The number of nitrogens with zero attached hydrogens (tertiary/aromatic N) is 1. The average Bonchev–Trinajstić information content (AvgIpc) is 2.74. The van der Waals surface area contributed by atoms with Crippen molar-refractivity contribution in [2.45, 2.75) is 32.4 Å². The lowest BCUT2D eigenvalue weighted by molar-refractivity contribution is 0.135. The lowest BCUT2D eigenvalue weighted by Crippen LogP contribution is -2.24. The van der Waals surface area contributed by atoms with Gasteiger partial charge in [-0.1, -0.05) is 12.1 Å². The van der Waals surface area contributed by atoms with Crippen LogP contribution >= 0.6 is 0 Å². The number of ether oxygens (including phenoxy) is 2. The summed E-state index contributed by atoms with van der Waals surface area (Å²) < 4.78 is 11.8. The molecule has 0 spiro atoms. The molecule has 1 aliphatic heterocycles. The predicted octanol–water partition coefficient (Wildman–Crippen LogP) is 3.05. The van der Waals surface area contributed by atoms with E-state index in [9.17, 15) is 0 Å². The number of benzene rings is 1. The molecule has 0 atom stereocenters. The van der Waals surface area contributed by atoms with E-state index in [2.05, 4.69) is 24.9 Å². The van der Waals surface area contributed by atoms with E-state index in [1.807, 2.05) is 24.3 Å². The Balaban J connectivity index is 1.91. The number of rotatable bonds is 3. The van der Waals surface area contributed by atoms with Gasteiger partial charge in [0.25, 0.3) is 0 Å². The fraction of sp³-hybridized carbons (Fsp3) is 0.312. The average molecular weight is 270 g/mol. The molecule has 3 rings (SSSR count). The number of hydrogen-bond donors (Lipinski definition) is 1. The smallest absolute Gasteiger partial charge is 0.219 e. The Morgan fingerprint density at radius 3 is 3.00 bits per heavy atom. The summed E-state index contributed by atoms with van der Waals surface area (Å²) in [6.07, 6.45) is 2.58. The predicted molar refractivity (Wildman–Crippen MR) is 77.1 cm³/mol. The van der Waals surface area contributed by atoms with Crippen LogP contribution < -0.4 is 15.2 Å². The van der Waals surface area contributed by atoms with Crippen LogP contribution in [0.15, 0.2) is 36.5 Å². The summed E-state index contributed by atoms with van der Waals surface area (Å²) in [5.41, 5.74) is 7.60. The van der Waals surface area contributed by atoms with Gasteiger partial charge >= 0.3 is 0 Å². The van der Waals surface area contributed by atoms with Gasteiger partial charge in [0.15, 0.2) is 11.5 Å². The maximum Gasteiger partial charge on any atom is 0.219 e. The second-order valence-electron chi connectivity index (χ2n) is 5.59. The van der Waals surface area contributed by atoms with Gasteiger partial charge in [0.05, 0.1) is 0 Å². The number of para-hydroxylation sites is 1. The van der Waals surface area contributed by atoms with Crippen LogP contribution in [0.1, 0.15) is 25.0 Å². The molecule has 104 valence electrons. The molecule has 20 heavy (non-hydrogen) atoms. The quantitative estimate of drug-likeness (QED) is 0.931. The van der Waals surface area contributed by atoms with Crippen LogP contribution in [0.3, 0.4) is 0 Å². The Hall–Kier alpha value is -2.07. The van der Waals surface area contributed by atoms with E-state index in [-0.39, 0.29) is 5.60 Å². The lowest BCUT2D eigenvalue weighted by Gasteiger charge is -2.18. The van der Waals surface area contributed by atoms with Crippen molar-refractivity contribution < 1.29 is 9.47 Å². The van der Waals surface area contributed by atoms with Gasteiger partial charge in [0.1, 0.15) is 5.60 Å². The molecule has 0 unspecified atom stereocenters. The third-order valence-corrected chi connectivity index (χ3v) is 3.30. The number of aromatic nitrogens is 1. The monoisotopic (exact) mass is 270 g/mol. The highest BCUT2D eigenvalue weighted by Crippen LogP contribution is 2.43. The molecule has 4 nitrogen and oxygen atoms in total. The minimum absolute atomic E-state index is 0.186. The third-order valence-electron chi connectivity index (χ3n) is 3.30. The third kappa shape index (κ3) is 2.47. The van der Waals surface area contributed by atoms with E-state index in [4.69, 9.17) is 15.2 Å². The maximum absolute atomic E-state index is 5.98. The Morgan fingerprint density at radius 2 is 2.20 bits per heavy atom. The Morgan fingerprint density at radius 1 is 1.35 bits per heavy atom. The maximum atomic E-state index is 5.98. The largest absolute Gasteiger partial charge is 0.483 e. The first kappa shape index (κ1) is 12.9. The molecule has 0 bridgehead atoms. The van der Waals surface area contributed by atoms with Crippen molar-refractivity contribution in [1.82, 2.24) is 4.98 Å². The van der Waals surface area contributed by atoms with E-state index in [0.29, 0.717) is 18.2 Å². The van der Waals surface area contributed by atoms with Crippen LogP contribution in [0.2, 0.25) is 0 Å². The molecule has 1 aromatic carbocycles. The van der Waals surface area contributed by atoms with Crippen molar-refractivity contribution in [2.75, 3.05) is 0 Å². The molecule has 2 N–H and O–H groups in total. The van der Waals surface area contributed by atoms with Gasteiger partial charge < -0.3 is 15.2 Å². The topological polar surface area (TPSA) is 57.4 Å². The van der Waals surface area contributed by atoms with Crippen molar-refractivity contribution >= 4 is 0 Å². The highest BCUT2D eigenvalue weighted by Gasteiger charge is 2.32. The van der Waals surface area contributed by atoms with Gasteiger partial charge in [0, 0.05) is 30.8 Å². The van der Waals surface area contributed by atoms with Crippen LogP contribution in [-0.2, 0) is 13.0 Å². The minimum Gasteiger partial charge on any atom is -0.483 e. The molecule has 2 aromatic rings. The first-order chi connectivity index (χ1) is 9.57. The van der Waals surface area contributed by atoms with Crippen LogP contribution in [0.5, 0.6) is 17.4 Å². The van der Waals surface area contributed by atoms with Gasteiger partial charge in [-0.15, -0.1) is 0 Å². The molecule has 0 saturated heterocycles. The first-order valence-corrected chi connectivity index (χ1v) is 6.71. The van der Waals surface area contributed by atoms with E-state index in [1.54, 1.807) is 6.20 Å². The van der Waals surface area contributed by atoms with Crippen LogP contribution in [0, 0.1) is 0 Å². The number of nitrogens with two attached hydrogens (primary N) is 1. The van der Waals surface area contributed by atoms with Crippen LogP contribution in [0.4, 0.5) is 0 Å². The molecule has 1 aliphatic rings. The fourth-order valence-electron chi connectivity index (χ4n) is 2.41. The SMILES string of the molecule is CC1(C)Cc2cccc(Oc3cc(CN)ccn3)c2O1. The summed E-state index contributed by atoms with van der Waals surface area (Å²) in [5, 5.41) is 0. The second-order valence-corrected chi connectivity index (χ2v) is 5.59. The molecule has 2 heterocycles. The van der Waals surface area contributed by atoms with Gasteiger partial charge in [-0.25, -0.2) is 4.98 Å². The molecule has 0 aliphatic carbocycles. The molecule has 1 aromatic heterocycles. The normalized spacial score (nSPS) is 15.6. The molecule has 0 radical (unpaired) electrons. The zero-order chi connectivity index (χ0) is 14.2. The highest BCUT2D eigenvalue weighted by molar-refractivity contribution is 5.51. The van der Waals surface area contributed by atoms with E-state index in [1.165, 1.54) is 5.56 Å². The van der Waals surface area contributed by atoms with Crippen molar-refractivity contribution in [2.24, 2.45) is 5.73 Å². The number of fused-ring (bicyclic) bond motifs is 1. The van der Waals surface area contributed by atoms with E-state index >= 15 is 0 Å². The molecule has 0 amide bonds. The van der Waals surface area contributed by atoms with Crippen LogP contribution in [-0.4, -0.2) is 10.6 Å². The number of hydrogen-bond acceptors (Lipinski definition) is 4. The van der Waals surface area contributed by atoms with Crippen molar-refractivity contribution in [1.29, 1.82) is 0 Å². The second kappa shape index (κ2) is 4.80. The zero-order valence-corrected chi connectivity index (χ0v) is 11.7. The summed E-state index contributed by atoms with van der Waals surface area (Å²) in [5.74, 6) is 2.06. The Labute approximate surface area is 118 Å².